The lowest BCUT2D eigenvalue weighted by Crippen LogP contribution is -2.35. The molecule has 0 aliphatic carbocycles. The average Bonchev–Trinajstić information content (AvgIpc) is 2.80. The van der Waals surface area contributed by atoms with Gasteiger partial charge in [-0.1, -0.05) is 80.9 Å². The molecule has 1 aliphatic heterocycles. The van der Waals surface area contributed by atoms with Crippen LogP contribution in [0.15, 0.2) is 42.5 Å². The Kier molecular flexibility index (Phi) is 9.64. The zero-order chi connectivity index (χ0) is 23.8. The Morgan fingerprint density at radius 1 is 0.879 bits per heavy atom. The lowest BCUT2D eigenvalue weighted by molar-refractivity contribution is -0.119. The molecule has 178 valence electrons. The maximum absolute atomic E-state index is 13.5. The minimum Gasteiger partial charge on any atom is -0.334 e. The number of anilines is 1. The first-order valence-electron chi connectivity index (χ1n) is 12.0. The first kappa shape index (κ1) is 25.6. The van der Waals surface area contributed by atoms with Crippen molar-refractivity contribution < 1.29 is 9.59 Å². The van der Waals surface area contributed by atoms with Crippen molar-refractivity contribution in [1.29, 1.82) is 0 Å². The highest BCUT2D eigenvalue weighted by molar-refractivity contribution is 6.42. The van der Waals surface area contributed by atoms with Crippen LogP contribution in [0.5, 0.6) is 0 Å². The van der Waals surface area contributed by atoms with Crippen molar-refractivity contribution in [3.05, 3.63) is 63.6 Å². The molecule has 0 unspecified atom stereocenters. The van der Waals surface area contributed by atoms with Gasteiger partial charge in [0.25, 0.3) is 5.91 Å². The highest BCUT2D eigenvalue weighted by atomic mass is 35.5. The van der Waals surface area contributed by atoms with Crippen molar-refractivity contribution >= 4 is 40.7 Å². The molecule has 0 aromatic heterocycles. The highest BCUT2D eigenvalue weighted by Crippen LogP contribution is 2.27. The summed E-state index contributed by atoms with van der Waals surface area (Å²) < 4.78 is 0. The van der Waals surface area contributed by atoms with Gasteiger partial charge in [0.15, 0.2) is 0 Å². The van der Waals surface area contributed by atoms with Crippen LogP contribution in [-0.4, -0.2) is 29.8 Å². The first-order valence-corrected chi connectivity index (χ1v) is 12.7. The molecule has 3 rings (SSSR count). The molecule has 4 nitrogen and oxygen atoms in total. The first-order chi connectivity index (χ1) is 15.9. The summed E-state index contributed by atoms with van der Waals surface area (Å²) in [6.45, 7) is 5.96. The van der Waals surface area contributed by atoms with Crippen LogP contribution in [0.2, 0.25) is 10.0 Å². The van der Waals surface area contributed by atoms with Gasteiger partial charge in [0, 0.05) is 37.3 Å². The number of carbonyl (C=O) groups is 2. The molecule has 0 fully saturated rings. The zero-order valence-corrected chi connectivity index (χ0v) is 21.2. The van der Waals surface area contributed by atoms with Gasteiger partial charge in [-0.15, -0.1) is 0 Å². The highest BCUT2D eigenvalue weighted by Gasteiger charge is 2.23. The maximum Gasteiger partial charge on any atom is 0.254 e. The number of benzene rings is 2. The van der Waals surface area contributed by atoms with E-state index in [0.717, 1.165) is 49.8 Å². The number of nitrogens with zero attached hydrogens (tertiary/aromatic N) is 2. The number of fused-ring (bicyclic) bond motifs is 1. The molecule has 0 atom stereocenters. The van der Waals surface area contributed by atoms with Crippen molar-refractivity contribution in [3.8, 4) is 0 Å². The van der Waals surface area contributed by atoms with Gasteiger partial charge in [-0.25, -0.2) is 0 Å². The Labute approximate surface area is 207 Å². The summed E-state index contributed by atoms with van der Waals surface area (Å²) in [7, 11) is 0. The summed E-state index contributed by atoms with van der Waals surface area (Å²) in [6.07, 6.45) is 6.94. The van der Waals surface area contributed by atoms with Gasteiger partial charge in [0.2, 0.25) is 5.91 Å². The molecule has 0 bridgehead atoms. The van der Waals surface area contributed by atoms with Gasteiger partial charge >= 0.3 is 0 Å². The largest absolute Gasteiger partial charge is 0.334 e. The van der Waals surface area contributed by atoms with Crippen molar-refractivity contribution in [3.63, 3.8) is 0 Å². The fourth-order valence-electron chi connectivity index (χ4n) is 4.30. The predicted molar refractivity (Wildman–Crippen MR) is 137 cm³/mol. The van der Waals surface area contributed by atoms with Gasteiger partial charge in [0.1, 0.15) is 0 Å². The van der Waals surface area contributed by atoms with Crippen molar-refractivity contribution in [2.45, 2.75) is 65.3 Å². The van der Waals surface area contributed by atoms with Gasteiger partial charge in [-0.05, 0) is 48.6 Å². The number of amides is 2. The van der Waals surface area contributed by atoms with Gasteiger partial charge in [-0.2, -0.15) is 0 Å². The van der Waals surface area contributed by atoms with E-state index in [1.807, 2.05) is 34.1 Å². The summed E-state index contributed by atoms with van der Waals surface area (Å²) in [5, 5.41) is 0.807. The smallest absolute Gasteiger partial charge is 0.254 e. The minimum atomic E-state index is -0.0710. The van der Waals surface area contributed by atoms with Gasteiger partial charge in [-0.3, -0.25) is 9.59 Å². The van der Waals surface area contributed by atoms with E-state index in [-0.39, 0.29) is 11.8 Å². The van der Waals surface area contributed by atoms with Crippen molar-refractivity contribution in [2.24, 2.45) is 5.92 Å². The molecule has 2 aromatic carbocycles. The fraction of sp³-hybridized carbons (Fsp3) is 0.481. The molecule has 2 aromatic rings. The Balaban J connectivity index is 1.95. The van der Waals surface area contributed by atoms with Gasteiger partial charge in [0.05, 0.1) is 10.0 Å². The summed E-state index contributed by atoms with van der Waals surface area (Å²) in [4.78, 5) is 30.5. The molecule has 6 heteroatoms. The SMILES string of the molecule is CC(C)CC(=O)N1CCCCCCCCN(C(=O)c2ccc(Cl)c(Cl)c2)Cc2ccccc21. The maximum atomic E-state index is 13.5. The van der Waals surface area contributed by atoms with Crippen LogP contribution >= 0.6 is 23.2 Å². The minimum absolute atomic E-state index is 0.0710. The Hall–Kier alpha value is -2.04. The number of rotatable bonds is 3. The van der Waals surface area contributed by atoms with E-state index in [0.29, 0.717) is 47.6 Å². The molecule has 0 saturated carbocycles. The topological polar surface area (TPSA) is 40.6 Å². The molecular weight excluding hydrogens is 455 g/mol. The molecule has 0 spiro atoms. The lowest BCUT2D eigenvalue weighted by Gasteiger charge is -2.29. The normalized spacial score (nSPS) is 15.9. The lowest BCUT2D eigenvalue weighted by atomic mass is 10.1. The van der Waals surface area contributed by atoms with Gasteiger partial charge < -0.3 is 9.80 Å². The van der Waals surface area contributed by atoms with Crippen LogP contribution in [-0.2, 0) is 11.3 Å². The van der Waals surface area contributed by atoms with E-state index in [1.54, 1.807) is 18.2 Å². The van der Waals surface area contributed by atoms with E-state index in [1.165, 1.54) is 0 Å². The summed E-state index contributed by atoms with van der Waals surface area (Å²) in [6, 6.07) is 13.0. The molecule has 1 aliphatic rings. The summed E-state index contributed by atoms with van der Waals surface area (Å²) >= 11 is 12.3. The monoisotopic (exact) mass is 488 g/mol. The molecule has 33 heavy (non-hydrogen) atoms. The third-order valence-corrected chi connectivity index (χ3v) is 6.78. The average molecular weight is 489 g/mol. The summed E-state index contributed by atoms with van der Waals surface area (Å²) in [5.41, 5.74) is 2.43. The quantitative estimate of drug-likeness (QED) is 0.452. The number of hydrogen-bond donors (Lipinski definition) is 0. The van der Waals surface area contributed by atoms with Crippen molar-refractivity contribution in [1.82, 2.24) is 4.90 Å². The van der Waals surface area contributed by atoms with E-state index in [2.05, 4.69) is 13.8 Å². The number of halogens is 2. The second kappa shape index (κ2) is 12.4. The second-order valence-corrected chi connectivity index (χ2v) is 10.1. The van der Waals surface area contributed by atoms with E-state index >= 15 is 0 Å². The Bertz CT molecular complexity index is 961. The number of para-hydroxylation sites is 1. The van der Waals surface area contributed by atoms with Crippen LogP contribution in [0.1, 0.15) is 74.7 Å². The Morgan fingerprint density at radius 2 is 1.55 bits per heavy atom. The van der Waals surface area contributed by atoms with E-state index in [4.69, 9.17) is 23.2 Å². The Morgan fingerprint density at radius 3 is 2.24 bits per heavy atom. The fourth-order valence-corrected chi connectivity index (χ4v) is 4.59. The zero-order valence-electron chi connectivity index (χ0n) is 19.7. The second-order valence-electron chi connectivity index (χ2n) is 9.25. The van der Waals surface area contributed by atoms with Crippen LogP contribution in [0.25, 0.3) is 0 Å². The molecular formula is C27H34Cl2N2O2. The van der Waals surface area contributed by atoms with E-state index < -0.39 is 0 Å². The van der Waals surface area contributed by atoms with Crippen LogP contribution in [0, 0.1) is 5.92 Å². The number of hydrogen-bond acceptors (Lipinski definition) is 2. The third kappa shape index (κ3) is 7.22. The third-order valence-electron chi connectivity index (χ3n) is 6.04. The molecule has 0 radical (unpaired) electrons. The predicted octanol–water partition coefficient (Wildman–Crippen LogP) is 7.37. The standard InChI is InChI=1S/C27H34Cl2N2O2/c1-20(2)17-26(32)31-16-10-6-4-3-5-9-15-30(19-22-11-7-8-12-25(22)31)27(33)21-13-14-23(28)24(29)18-21/h7-8,11-14,18,20H,3-6,9-10,15-17,19H2,1-2H3. The van der Waals surface area contributed by atoms with Crippen molar-refractivity contribution in [2.75, 3.05) is 18.0 Å². The van der Waals surface area contributed by atoms with Crippen LogP contribution in [0.4, 0.5) is 5.69 Å². The number of carbonyl (C=O) groups excluding carboxylic acids is 2. The molecule has 0 N–H and O–H groups in total. The molecule has 0 saturated heterocycles. The molecule has 1 heterocycles. The summed E-state index contributed by atoms with van der Waals surface area (Å²) in [5.74, 6) is 0.370. The van der Waals surface area contributed by atoms with E-state index in [9.17, 15) is 9.59 Å². The van der Waals surface area contributed by atoms with Crippen LogP contribution < -0.4 is 4.90 Å². The molecule has 2 amide bonds. The van der Waals surface area contributed by atoms with Crippen LogP contribution in [0.3, 0.4) is 0 Å².